The molecule has 254 valence electrons. The van der Waals surface area contributed by atoms with Gasteiger partial charge in [-0.1, -0.05) is 94.9 Å². The van der Waals surface area contributed by atoms with Gasteiger partial charge in [0.25, 0.3) is 20.2 Å². The molecule has 0 unspecified atom stereocenters. The van der Waals surface area contributed by atoms with Crippen molar-refractivity contribution in [1.29, 1.82) is 0 Å². The maximum absolute atomic E-state index is 12.1. The molecule has 0 aliphatic rings. The second-order valence-corrected chi connectivity index (χ2v) is 15.0. The van der Waals surface area contributed by atoms with Crippen LogP contribution in [0.3, 0.4) is 0 Å². The predicted molar refractivity (Wildman–Crippen MR) is 197 cm³/mol. The molecule has 0 amide bonds. The second kappa shape index (κ2) is 13.4. The molecule has 50 heavy (non-hydrogen) atoms. The quantitative estimate of drug-likeness (QED) is 0.0692. The Morgan fingerprint density at radius 1 is 0.480 bits per heavy atom. The van der Waals surface area contributed by atoms with E-state index < -0.39 is 30.0 Å². The van der Waals surface area contributed by atoms with E-state index in [0.29, 0.717) is 21.9 Å². The van der Waals surface area contributed by atoms with Gasteiger partial charge in [0.05, 0.1) is 31.5 Å². The highest BCUT2D eigenvalue weighted by Gasteiger charge is 2.21. The van der Waals surface area contributed by atoms with Crippen molar-refractivity contribution in [2.75, 3.05) is 11.5 Å². The molecule has 6 N–H and O–H groups in total. The van der Waals surface area contributed by atoms with Gasteiger partial charge in [-0.05, 0) is 47.5 Å². The van der Waals surface area contributed by atoms with Crippen LogP contribution < -0.4 is 11.5 Å². The number of hydrogen-bond acceptors (Lipinski definition) is 10. The van der Waals surface area contributed by atoms with Crippen LogP contribution in [0.1, 0.15) is 0 Å². The van der Waals surface area contributed by atoms with Gasteiger partial charge in [-0.15, -0.1) is 20.5 Å². The summed E-state index contributed by atoms with van der Waals surface area (Å²) in [6.45, 7) is 0. The fraction of sp³-hybridized carbons (Fsp3) is 0. The lowest BCUT2D eigenvalue weighted by Crippen LogP contribution is -2.01. The SMILES string of the molecule is Nc1c(N=Nc2c(Cl)cc(-c3cc(Cl)c(N=Nc4cc(S(=O)(=O)O)c5ccccc5c4N)c(Cl)c3)cc2Cl)cc(S(=O)(=O)O)c2ccccc12. The Balaban J connectivity index is 1.34. The Bertz CT molecular complexity index is 2460. The summed E-state index contributed by atoms with van der Waals surface area (Å²) in [6.07, 6.45) is 0. The summed E-state index contributed by atoms with van der Waals surface area (Å²) in [5.41, 5.74) is 13.7. The first-order valence-electron chi connectivity index (χ1n) is 13.9. The van der Waals surface area contributed by atoms with Gasteiger partial charge in [-0.3, -0.25) is 9.11 Å². The molecule has 0 aromatic heterocycles. The minimum atomic E-state index is -4.63. The van der Waals surface area contributed by atoms with E-state index in [1.807, 2.05) is 0 Å². The van der Waals surface area contributed by atoms with E-state index in [1.165, 1.54) is 36.4 Å². The van der Waals surface area contributed by atoms with Crippen molar-refractivity contribution in [3.05, 3.63) is 105 Å². The average molecular weight is 790 g/mol. The normalized spacial score (nSPS) is 12.5. The van der Waals surface area contributed by atoms with Crippen molar-refractivity contribution in [3.63, 3.8) is 0 Å². The van der Waals surface area contributed by atoms with Crippen molar-refractivity contribution < 1.29 is 25.9 Å². The van der Waals surface area contributed by atoms with E-state index in [4.69, 9.17) is 57.9 Å². The Hall–Kier alpha value is -4.38. The molecule has 0 spiro atoms. The van der Waals surface area contributed by atoms with Gasteiger partial charge in [0.2, 0.25) is 0 Å². The second-order valence-electron chi connectivity index (χ2n) is 10.6. The largest absolute Gasteiger partial charge is 0.396 e. The van der Waals surface area contributed by atoms with Crippen LogP contribution in [0, 0.1) is 0 Å². The average Bonchev–Trinajstić information content (AvgIpc) is 3.04. The summed E-state index contributed by atoms with van der Waals surface area (Å²) in [6, 6.07) is 20.9. The number of halogens is 4. The minimum absolute atomic E-state index is 0.0397. The Morgan fingerprint density at radius 3 is 1.08 bits per heavy atom. The van der Waals surface area contributed by atoms with Crippen LogP contribution in [0.2, 0.25) is 20.1 Å². The van der Waals surface area contributed by atoms with Crippen molar-refractivity contribution in [3.8, 4) is 11.1 Å². The van der Waals surface area contributed by atoms with Crippen molar-refractivity contribution in [1.82, 2.24) is 0 Å². The van der Waals surface area contributed by atoms with Gasteiger partial charge < -0.3 is 11.5 Å². The maximum Gasteiger partial charge on any atom is 0.295 e. The molecule has 0 radical (unpaired) electrons. The van der Waals surface area contributed by atoms with Gasteiger partial charge >= 0.3 is 0 Å². The van der Waals surface area contributed by atoms with Crippen LogP contribution in [-0.4, -0.2) is 25.9 Å². The van der Waals surface area contributed by atoms with E-state index in [2.05, 4.69) is 20.5 Å². The van der Waals surface area contributed by atoms with Gasteiger partial charge in [-0.25, -0.2) is 0 Å². The first kappa shape index (κ1) is 35.4. The topological polar surface area (TPSA) is 210 Å². The van der Waals surface area contributed by atoms with Crippen molar-refractivity contribution in [2.45, 2.75) is 9.79 Å². The van der Waals surface area contributed by atoms with Gasteiger partial charge in [-0.2, -0.15) is 16.8 Å². The lowest BCUT2D eigenvalue weighted by Gasteiger charge is -2.11. The molecule has 0 bridgehead atoms. The number of rotatable bonds is 7. The van der Waals surface area contributed by atoms with Crippen LogP contribution >= 0.6 is 46.4 Å². The van der Waals surface area contributed by atoms with Crippen LogP contribution in [0.5, 0.6) is 0 Å². The molecular weight excluding hydrogens is 770 g/mol. The lowest BCUT2D eigenvalue weighted by molar-refractivity contribution is 0.482. The van der Waals surface area contributed by atoms with E-state index in [1.54, 1.807) is 36.4 Å². The standard InChI is InChI=1S/C32H20Cl4N6O6S2/c33-21-9-15(10-22(34)31(21)41-39-25-13-27(49(43,44)45)17-5-1-3-7-19(17)29(25)37)16-11-23(35)32(24(36)12-16)42-40-26-14-28(50(46,47)48)18-6-2-4-8-20(18)30(26)38/h1-14H,37-38H2,(H,43,44,45)(H,46,47,48). The number of hydrogen-bond donors (Lipinski definition) is 4. The highest BCUT2D eigenvalue weighted by molar-refractivity contribution is 7.86. The summed E-state index contributed by atoms with van der Waals surface area (Å²) in [7, 11) is -9.26. The molecule has 0 atom stereocenters. The van der Waals surface area contributed by atoms with E-state index in [-0.39, 0.29) is 65.0 Å². The number of fused-ring (bicyclic) bond motifs is 2. The number of nitrogen functional groups attached to an aromatic ring is 2. The van der Waals surface area contributed by atoms with Crippen molar-refractivity contribution >= 4 is 122 Å². The molecule has 6 aromatic carbocycles. The zero-order chi connectivity index (χ0) is 36.1. The summed E-state index contributed by atoms with van der Waals surface area (Å²) in [5.74, 6) is 0. The maximum atomic E-state index is 12.1. The Labute approximate surface area is 304 Å². The summed E-state index contributed by atoms with van der Waals surface area (Å²) in [5, 5.41) is 17.7. The molecule has 0 heterocycles. The molecule has 0 aliphatic heterocycles. The Kier molecular flexibility index (Phi) is 9.49. The van der Waals surface area contributed by atoms with Crippen LogP contribution in [0.25, 0.3) is 32.7 Å². The van der Waals surface area contributed by atoms with E-state index in [9.17, 15) is 25.9 Å². The third-order valence-corrected chi connectivity index (χ3v) is 10.4. The highest BCUT2D eigenvalue weighted by atomic mass is 35.5. The molecule has 0 aliphatic carbocycles. The first-order valence-corrected chi connectivity index (χ1v) is 18.3. The molecule has 12 nitrogen and oxygen atoms in total. The fourth-order valence-electron chi connectivity index (χ4n) is 5.16. The van der Waals surface area contributed by atoms with Crippen molar-refractivity contribution in [2.24, 2.45) is 20.5 Å². The predicted octanol–water partition coefficient (Wildman–Crippen LogP) is 10.8. The molecule has 6 rings (SSSR count). The number of nitrogens with zero attached hydrogens (tertiary/aromatic N) is 4. The molecule has 0 saturated carbocycles. The molecule has 0 fully saturated rings. The fourth-order valence-corrected chi connectivity index (χ4v) is 7.71. The van der Waals surface area contributed by atoms with E-state index >= 15 is 0 Å². The lowest BCUT2D eigenvalue weighted by atomic mass is 10.0. The zero-order valence-corrected chi connectivity index (χ0v) is 29.5. The minimum Gasteiger partial charge on any atom is -0.396 e. The third-order valence-electron chi connectivity index (χ3n) is 7.49. The van der Waals surface area contributed by atoms with E-state index in [0.717, 1.165) is 12.1 Å². The van der Waals surface area contributed by atoms with Gasteiger partial charge in [0.1, 0.15) is 32.5 Å². The summed E-state index contributed by atoms with van der Waals surface area (Å²) < 4.78 is 67.9. The molecule has 0 saturated heterocycles. The molecule has 6 aromatic rings. The van der Waals surface area contributed by atoms with Crippen LogP contribution in [-0.2, 0) is 20.2 Å². The van der Waals surface area contributed by atoms with Gasteiger partial charge in [0.15, 0.2) is 0 Å². The zero-order valence-electron chi connectivity index (χ0n) is 24.9. The van der Waals surface area contributed by atoms with Gasteiger partial charge in [0, 0.05) is 21.5 Å². The molecule has 18 heteroatoms. The van der Waals surface area contributed by atoms with Crippen LogP contribution in [0.4, 0.5) is 34.1 Å². The monoisotopic (exact) mass is 788 g/mol. The summed E-state index contributed by atoms with van der Waals surface area (Å²) in [4.78, 5) is -0.798. The first-order chi connectivity index (χ1) is 23.5. The smallest absolute Gasteiger partial charge is 0.295 e. The number of azo groups is 2. The Morgan fingerprint density at radius 2 is 0.780 bits per heavy atom. The third kappa shape index (κ3) is 6.84. The summed E-state index contributed by atoms with van der Waals surface area (Å²) >= 11 is 26.2. The number of nitrogens with two attached hydrogens (primary N) is 2. The number of anilines is 2. The highest BCUT2D eigenvalue weighted by Crippen LogP contribution is 2.44. The number of benzene rings is 6. The molecular formula is C32H20Cl4N6O6S2. The van der Waals surface area contributed by atoms with Crippen LogP contribution in [0.15, 0.2) is 115 Å².